The number of fused-ring (bicyclic) bond motifs is 1. The van der Waals surface area contributed by atoms with Crippen molar-refractivity contribution >= 4 is 23.5 Å². The molecule has 1 saturated carbocycles. The largest absolute Gasteiger partial charge is 0.385 e. The first-order valence-electron chi connectivity index (χ1n) is 9.58. The van der Waals surface area contributed by atoms with E-state index in [0.29, 0.717) is 42.3 Å². The van der Waals surface area contributed by atoms with E-state index in [0.717, 1.165) is 19.3 Å². The number of hydrogen-bond acceptors (Lipinski definition) is 4. The third-order valence-corrected chi connectivity index (χ3v) is 5.39. The van der Waals surface area contributed by atoms with Crippen LogP contribution in [0.4, 0.5) is 10.5 Å². The van der Waals surface area contributed by atoms with Crippen LogP contribution >= 0.6 is 0 Å². The zero-order valence-corrected chi connectivity index (χ0v) is 15.9. The Bertz CT molecular complexity index is 734. The molecule has 7 heteroatoms. The second kappa shape index (κ2) is 8.52. The fraction of sp³-hybridized carbons (Fsp3) is 0.550. The molecule has 1 aliphatic carbocycles. The average molecular weight is 373 g/mol. The standard InChI is InChI=1S/C20H27N3O4/c1-13-6-3-4-7-17(13)22-20(26)21-14-8-9-15-16(12-14)19(25)23(18(15)24)10-5-11-27-2/h8-9,12-13,17H,3-7,10-11H2,1-2H3,(H2,21,22,26). The van der Waals surface area contributed by atoms with Crippen LogP contribution in [0.1, 0.15) is 59.7 Å². The van der Waals surface area contributed by atoms with Crippen LogP contribution < -0.4 is 10.6 Å². The Morgan fingerprint density at radius 3 is 2.67 bits per heavy atom. The third kappa shape index (κ3) is 4.30. The van der Waals surface area contributed by atoms with Crippen molar-refractivity contribution in [2.45, 2.75) is 45.1 Å². The Hall–Kier alpha value is -2.41. The third-order valence-electron chi connectivity index (χ3n) is 5.39. The van der Waals surface area contributed by atoms with Crippen molar-refractivity contribution in [1.82, 2.24) is 10.2 Å². The highest BCUT2D eigenvalue weighted by Gasteiger charge is 2.35. The Morgan fingerprint density at radius 1 is 1.19 bits per heavy atom. The minimum atomic E-state index is -0.323. The zero-order chi connectivity index (χ0) is 19.4. The number of ether oxygens (including phenoxy) is 1. The van der Waals surface area contributed by atoms with E-state index < -0.39 is 0 Å². The molecule has 1 aromatic carbocycles. The van der Waals surface area contributed by atoms with Crippen LogP contribution in [0.5, 0.6) is 0 Å². The molecular weight excluding hydrogens is 346 g/mol. The summed E-state index contributed by atoms with van der Waals surface area (Å²) in [5, 5.41) is 5.81. The van der Waals surface area contributed by atoms with Crippen LogP contribution in [0, 0.1) is 5.92 Å². The highest BCUT2D eigenvalue weighted by Crippen LogP contribution is 2.27. The zero-order valence-electron chi connectivity index (χ0n) is 15.9. The molecule has 27 heavy (non-hydrogen) atoms. The normalized spacial score (nSPS) is 21.9. The summed E-state index contributed by atoms with van der Waals surface area (Å²) in [4.78, 5) is 38.5. The van der Waals surface area contributed by atoms with E-state index in [1.807, 2.05) is 0 Å². The van der Waals surface area contributed by atoms with Crippen LogP contribution in [-0.4, -0.2) is 49.0 Å². The molecule has 0 bridgehead atoms. The summed E-state index contributed by atoms with van der Waals surface area (Å²) in [6.07, 6.45) is 5.04. The lowest BCUT2D eigenvalue weighted by Crippen LogP contribution is -2.43. The number of hydrogen-bond donors (Lipinski definition) is 2. The highest BCUT2D eigenvalue weighted by atomic mass is 16.5. The molecule has 3 rings (SSSR count). The lowest BCUT2D eigenvalue weighted by Gasteiger charge is -2.29. The predicted octanol–water partition coefficient (Wildman–Crippen LogP) is 3.02. The lowest BCUT2D eigenvalue weighted by atomic mass is 9.86. The van der Waals surface area contributed by atoms with Gasteiger partial charge in [-0.1, -0.05) is 19.8 Å². The second-order valence-electron chi connectivity index (χ2n) is 7.34. The van der Waals surface area contributed by atoms with Gasteiger partial charge in [0.2, 0.25) is 0 Å². The Balaban J connectivity index is 1.64. The van der Waals surface area contributed by atoms with Crippen LogP contribution in [-0.2, 0) is 4.74 Å². The van der Waals surface area contributed by atoms with Gasteiger partial charge in [-0.05, 0) is 43.4 Å². The molecule has 1 fully saturated rings. The molecule has 0 saturated heterocycles. The molecule has 0 aromatic heterocycles. The Morgan fingerprint density at radius 2 is 1.93 bits per heavy atom. The van der Waals surface area contributed by atoms with Crippen molar-refractivity contribution < 1.29 is 19.1 Å². The lowest BCUT2D eigenvalue weighted by molar-refractivity contribution is 0.0638. The van der Waals surface area contributed by atoms with E-state index in [1.54, 1.807) is 25.3 Å². The topological polar surface area (TPSA) is 87.7 Å². The minimum absolute atomic E-state index is 0.174. The van der Waals surface area contributed by atoms with Crippen molar-refractivity contribution in [2.75, 3.05) is 25.6 Å². The van der Waals surface area contributed by atoms with Gasteiger partial charge in [0.15, 0.2) is 0 Å². The van der Waals surface area contributed by atoms with Gasteiger partial charge in [0.05, 0.1) is 11.1 Å². The molecule has 2 aliphatic rings. The minimum Gasteiger partial charge on any atom is -0.385 e. The molecule has 1 heterocycles. The van der Waals surface area contributed by atoms with E-state index in [2.05, 4.69) is 17.6 Å². The van der Waals surface area contributed by atoms with E-state index in [9.17, 15) is 14.4 Å². The monoisotopic (exact) mass is 373 g/mol. The maximum atomic E-state index is 12.5. The number of amides is 4. The summed E-state index contributed by atoms with van der Waals surface area (Å²) in [5.74, 6) is -0.154. The number of methoxy groups -OCH3 is 1. The van der Waals surface area contributed by atoms with E-state index in [1.165, 1.54) is 11.3 Å². The van der Waals surface area contributed by atoms with Crippen molar-refractivity contribution in [3.63, 3.8) is 0 Å². The highest BCUT2D eigenvalue weighted by molar-refractivity contribution is 6.21. The van der Waals surface area contributed by atoms with Crippen molar-refractivity contribution in [3.8, 4) is 0 Å². The Kier molecular flexibility index (Phi) is 6.11. The molecule has 2 atom stereocenters. The first-order chi connectivity index (χ1) is 13.0. The fourth-order valence-electron chi connectivity index (χ4n) is 3.80. The summed E-state index contributed by atoms with van der Waals surface area (Å²) < 4.78 is 4.98. The number of carbonyl (C=O) groups is 3. The molecule has 1 aliphatic heterocycles. The Labute approximate surface area is 159 Å². The summed E-state index contributed by atoms with van der Waals surface area (Å²) in [6, 6.07) is 4.74. The molecule has 4 amide bonds. The number of carbonyl (C=O) groups excluding carboxylic acids is 3. The van der Waals surface area contributed by atoms with Gasteiger partial charge in [0.25, 0.3) is 11.8 Å². The van der Waals surface area contributed by atoms with Gasteiger partial charge in [-0.2, -0.15) is 0 Å². The molecule has 1 aromatic rings. The molecule has 0 spiro atoms. The smallest absolute Gasteiger partial charge is 0.319 e. The number of rotatable bonds is 6. The fourth-order valence-corrected chi connectivity index (χ4v) is 3.80. The number of anilines is 1. The first kappa shape index (κ1) is 19.4. The van der Waals surface area contributed by atoms with Crippen LogP contribution in [0.15, 0.2) is 18.2 Å². The van der Waals surface area contributed by atoms with Crippen molar-refractivity contribution in [2.24, 2.45) is 5.92 Å². The van der Waals surface area contributed by atoms with Gasteiger partial charge >= 0.3 is 6.03 Å². The predicted molar refractivity (Wildman–Crippen MR) is 102 cm³/mol. The number of nitrogens with zero attached hydrogens (tertiary/aromatic N) is 1. The van der Waals surface area contributed by atoms with Crippen molar-refractivity contribution in [1.29, 1.82) is 0 Å². The number of benzene rings is 1. The molecular formula is C20H27N3O4. The van der Waals surface area contributed by atoms with E-state index in [-0.39, 0.29) is 23.9 Å². The van der Waals surface area contributed by atoms with E-state index in [4.69, 9.17) is 4.74 Å². The molecule has 146 valence electrons. The number of nitrogens with one attached hydrogen (secondary N) is 2. The molecule has 2 unspecified atom stereocenters. The summed E-state index contributed by atoms with van der Waals surface area (Å²) >= 11 is 0. The summed E-state index contributed by atoms with van der Waals surface area (Å²) in [5.41, 5.74) is 1.22. The van der Waals surface area contributed by atoms with E-state index >= 15 is 0 Å². The maximum Gasteiger partial charge on any atom is 0.319 e. The van der Waals surface area contributed by atoms with Gasteiger partial charge in [-0.3, -0.25) is 14.5 Å². The second-order valence-corrected chi connectivity index (χ2v) is 7.34. The van der Waals surface area contributed by atoms with Gasteiger partial charge in [-0.15, -0.1) is 0 Å². The SMILES string of the molecule is COCCCN1C(=O)c2ccc(NC(=O)NC3CCCCC3C)cc2C1=O. The number of imide groups is 1. The quantitative estimate of drug-likeness (QED) is 0.593. The first-order valence-corrected chi connectivity index (χ1v) is 9.58. The number of urea groups is 1. The van der Waals surface area contributed by atoms with Crippen LogP contribution in [0.2, 0.25) is 0 Å². The van der Waals surface area contributed by atoms with Crippen LogP contribution in [0.25, 0.3) is 0 Å². The maximum absolute atomic E-state index is 12.5. The summed E-state index contributed by atoms with van der Waals surface area (Å²) in [6.45, 7) is 2.96. The van der Waals surface area contributed by atoms with Gasteiger partial charge in [0.1, 0.15) is 0 Å². The molecule has 0 radical (unpaired) electrons. The molecule has 2 N–H and O–H groups in total. The van der Waals surface area contributed by atoms with Crippen LogP contribution in [0.3, 0.4) is 0 Å². The van der Waals surface area contributed by atoms with Gasteiger partial charge in [0, 0.05) is 32.0 Å². The van der Waals surface area contributed by atoms with Gasteiger partial charge in [-0.25, -0.2) is 4.79 Å². The van der Waals surface area contributed by atoms with Gasteiger partial charge < -0.3 is 15.4 Å². The molecule has 7 nitrogen and oxygen atoms in total. The summed E-state index contributed by atoms with van der Waals surface area (Å²) in [7, 11) is 1.58. The average Bonchev–Trinajstić information content (AvgIpc) is 2.88. The van der Waals surface area contributed by atoms with Crippen molar-refractivity contribution in [3.05, 3.63) is 29.3 Å².